The number of hydrogen-bond donors (Lipinski definition) is 2. The lowest BCUT2D eigenvalue weighted by Gasteiger charge is -2.39. The van der Waals surface area contributed by atoms with E-state index in [4.69, 9.17) is 0 Å². The van der Waals surface area contributed by atoms with Crippen molar-refractivity contribution >= 4 is 5.69 Å². The molecule has 0 amide bonds. The summed E-state index contributed by atoms with van der Waals surface area (Å²) in [5.74, 6) is 0. The monoisotopic (exact) mass is 230 g/mol. The van der Waals surface area contributed by atoms with Crippen molar-refractivity contribution in [1.82, 2.24) is 5.32 Å². The molecule has 1 aliphatic heterocycles. The minimum Gasteiger partial charge on any atom is -0.385 e. The first-order chi connectivity index (χ1) is 8.27. The molecule has 0 atom stereocenters. The van der Waals surface area contributed by atoms with Gasteiger partial charge in [-0.3, -0.25) is 0 Å². The normalized spacial score (nSPS) is 21.2. The quantitative estimate of drug-likeness (QED) is 0.834. The van der Waals surface area contributed by atoms with Crippen LogP contribution in [0, 0.1) is 0 Å². The molecule has 0 radical (unpaired) electrons. The number of hydrogen-bond acceptors (Lipinski definition) is 2. The summed E-state index contributed by atoms with van der Waals surface area (Å²) in [5.41, 5.74) is 4.79. The molecule has 1 aromatic rings. The molecule has 17 heavy (non-hydrogen) atoms. The molecule has 2 nitrogen and oxygen atoms in total. The summed E-state index contributed by atoms with van der Waals surface area (Å²) in [7, 11) is 0. The van der Waals surface area contributed by atoms with Gasteiger partial charge in [-0.15, -0.1) is 0 Å². The zero-order valence-corrected chi connectivity index (χ0v) is 10.7. The molecular weight excluding hydrogens is 208 g/mol. The lowest BCUT2D eigenvalue weighted by Crippen LogP contribution is -2.47. The Bertz CT molecular complexity index is 407. The van der Waals surface area contributed by atoms with Crippen molar-refractivity contribution in [2.24, 2.45) is 0 Å². The van der Waals surface area contributed by atoms with Crippen molar-refractivity contribution < 1.29 is 0 Å². The molecule has 0 spiro atoms. The van der Waals surface area contributed by atoms with Crippen LogP contribution in [0.15, 0.2) is 18.2 Å². The summed E-state index contributed by atoms with van der Waals surface area (Å²) in [6.45, 7) is 4.51. The van der Waals surface area contributed by atoms with Gasteiger partial charge in [0.25, 0.3) is 0 Å². The second kappa shape index (κ2) is 4.34. The lowest BCUT2D eigenvalue weighted by molar-refractivity contribution is 0.206. The topological polar surface area (TPSA) is 24.1 Å². The van der Waals surface area contributed by atoms with Crippen LogP contribution in [0.25, 0.3) is 0 Å². The first-order valence-corrected chi connectivity index (χ1v) is 6.87. The SMILES string of the molecule is CC1(NCc2cccc3c2CCCN3)CCC1. The highest BCUT2D eigenvalue weighted by atomic mass is 15.0. The zero-order valence-electron chi connectivity index (χ0n) is 10.7. The van der Waals surface area contributed by atoms with Crippen LogP contribution in [0.1, 0.15) is 43.7 Å². The van der Waals surface area contributed by atoms with Crippen LogP contribution in [0.2, 0.25) is 0 Å². The Morgan fingerprint density at radius 1 is 1.29 bits per heavy atom. The maximum absolute atomic E-state index is 3.73. The van der Waals surface area contributed by atoms with Crippen molar-refractivity contribution in [2.75, 3.05) is 11.9 Å². The van der Waals surface area contributed by atoms with E-state index in [0.29, 0.717) is 5.54 Å². The van der Waals surface area contributed by atoms with E-state index in [1.807, 2.05) is 0 Å². The van der Waals surface area contributed by atoms with Crippen LogP contribution >= 0.6 is 0 Å². The van der Waals surface area contributed by atoms with Crippen LogP contribution in [-0.4, -0.2) is 12.1 Å². The summed E-state index contributed by atoms with van der Waals surface area (Å²) in [6.07, 6.45) is 6.55. The molecule has 0 unspecified atom stereocenters. The van der Waals surface area contributed by atoms with Crippen molar-refractivity contribution in [2.45, 2.75) is 51.1 Å². The maximum atomic E-state index is 3.73. The fourth-order valence-corrected chi connectivity index (χ4v) is 2.94. The average molecular weight is 230 g/mol. The van der Waals surface area contributed by atoms with Crippen molar-refractivity contribution in [1.29, 1.82) is 0 Å². The van der Waals surface area contributed by atoms with Crippen molar-refractivity contribution in [3.63, 3.8) is 0 Å². The molecule has 92 valence electrons. The first kappa shape index (κ1) is 11.1. The summed E-state index contributed by atoms with van der Waals surface area (Å²) >= 11 is 0. The van der Waals surface area contributed by atoms with Gasteiger partial charge >= 0.3 is 0 Å². The predicted octanol–water partition coefficient (Wildman–Crippen LogP) is 3.08. The van der Waals surface area contributed by atoms with Crippen molar-refractivity contribution in [3.8, 4) is 0 Å². The second-order valence-corrected chi connectivity index (χ2v) is 5.74. The van der Waals surface area contributed by atoms with Gasteiger partial charge in [-0.2, -0.15) is 0 Å². The molecule has 1 aliphatic carbocycles. The standard InChI is InChI=1S/C15H22N2/c1-15(8-4-9-15)17-11-12-5-2-7-14-13(12)6-3-10-16-14/h2,5,7,16-17H,3-4,6,8-11H2,1H3. The average Bonchev–Trinajstić information content (AvgIpc) is 2.34. The number of fused-ring (bicyclic) bond motifs is 1. The Balaban J connectivity index is 1.74. The third kappa shape index (κ3) is 2.19. The fourth-order valence-electron chi connectivity index (χ4n) is 2.94. The Labute approximate surface area is 104 Å². The van der Waals surface area contributed by atoms with E-state index in [-0.39, 0.29) is 0 Å². The van der Waals surface area contributed by atoms with E-state index < -0.39 is 0 Å². The second-order valence-electron chi connectivity index (χ2n) is 5.74. The highest BCUT2D eigenvalue weighted by Gasteiger charge is 2.30. The molecular formula is C15H22N2. The van der Waals surface area contributed by atoms with Crippen LogP contribution in [0.4, 0.5) is 5.69 Å². The molecule has 2 aliphatic rings. The zero-order chi connectivity index (χ0) is 11.7. The summed E-state index contributed by atoms with van der Waals surface area (Å²) < 4.78 is 0. The molecule has 3 rings (SSSR count). The molecule has 0 aromatic heterocycles. The molecule has 1 saturated carbocycles. The predicted molar refractivity (Wildman–Crippen MR) is 72.3 cm³/mol. The largest absolute Gasteiger partial charge is 0.385 e. The Morgan fingerprint density at radius 3 is 2.94 bits per heavy atom. The van der Waals surface area contributed by atoms with E-state index in [1.54, 1.807) is 0 Å². The third-order valence-electron chi connectivity index (χ3n) is 4.35. The smallest absolute Gasteiger partial charge is 0.0375 e. The van der Waals surface area contributed by atoms with Gasteiger partial charge in [-0.1, -0.05) is 12.1 Å². The number of anilines is 1. The number of benzene rings is 1. The molecule has 2 heteroatoms. The van der Waals surface area contributed by atoms with E-state index in [0.717, 1.165) is 13.1 Å². The van der Waals surface area contributed by atoms with Crippen molar-refractivity contribution in [3.05, 3.63) is 29.3 Å². The Morgan fingerprint density at radius 2 is 2.18 bits per heavy atom. The highest BCUT2D eigenvalue weighted by molar-refractivity contribution is 5.56. The van der Waals surface area contributed by atoms with Gasteiger partial charge in [-0.25, -0.2) is 0 Å². The van der Waals surface area contributed by atoms with Crippen LogP contribution < -0.4 is 10.6 Å². The summed E-state index contributed by atoms with van der Waals surface area (Å²) in [6, 6.07) is 6.67. The van der Waals surface area contributed by atoms with E-state index in [1.165, 1.54) is 48.9 Å². The molecule has 0 saturated heterocycles. The molecule has 1 aromatic carbocycles. The molecule has 1 heterocycles. The highest BCUT2D eigenvalue weighted by Crippen LogP contribution is 2.32. The van der Waals surface area contributed by atoms with Crippen LogP contribution in [-0.2, 0) is 13.0 Å². The van der Waals surface area contributed by atoms with Crippen LogP contribution in [0.3, 0.4) is 0 Å². The van der Waals surface area contributed by atoms with Gasteiger partial charge < -0.3 is 10.6 Å². The summed E-state index contributed by atoms with van der Waals surface area (Å²) in [4.78, 5) is 0. The Kier molecular flexibility index (Phi) is 2.83. The fraction of sp³-hybridized carbons (Fsp3) is 0.600. The van der Waals surface area contributed by atoms with Gasteiger partial charge in [-0.05, 0) is 56.2 Å². The minimum absolute atomic E-state index is 0.408. The molecule has 2 N–H and O–H groups in total. The van der Waals surface area contributed by atoms with Gasteiger partial charge in [0.1, 0.15) is 0 Å². The van der Waals surface area contributed by atoms with E-state index in [2.05, 4.69) is 35.8 Å². The van der Waals surface area contributed by atoms with Gasteiger partial charge in [0.05, 0.1) is 0 Å². The first-order valence-electron chi connectivity index (χ1n) is 6.87. The number of nitrogens with one attached hydrogen (secondary N) is 2. The summed E-state index contributed by atoms with van der Waals surface area (Å²) in [5, 5.41) is 7.23. The minimum atomic E-state index is 0.408. The van der Waals surface area contributed by atoms with E-state index in [9.17, 15) is 0 Å². The van der Waals surface area contributed by atoms with Gasteiger partial charge in [0.2, 0.25) is 0 Å². The Hall–Kier alpha value is -1.02. The number of rotatable bonds is 3. The maximum Gasteiger partial charge on any atom is 0.0375 e. The molecule has 1 fully saturated rings. The molecule has 0 bridgehead atoms. The third-order valence-corrected chi connectivity index (χ3v) is 4.35. The van der Waals surface area contributed by atoms with Gasteiger partial charge in [0, 0.05) is 24.3 Å². The van der Waals surface area contributed by atoms with Gasteiger partial charge in [0.15, 0.2) is 0 Å². The van der Waals surface area contributed by atoms with E-state index >= 15 is 0 Å². The van der Waals surface area contributed by atoms with Crippen LogP contribution in [0.5, 0.6) is 0 Å². The lowest BCUT2D eigenvalue weighted by atomic mass is 9.78.